The standard InChI is InChI=1S/C36H18ClN3S2.2C2H6/c37-34-35(39-36-31(38-34)24-14-6-8-16-26(24)42-36)40-25-15-7-5-13-23(25)28-21-11-3-4-12-22(21)30-29-20-10-2-1-9-19(20)17-18-27(29)41-33(30)32(28)40;2*1-2/h1-18H;2*1-2H3. The van der Waals surface area contributed by atoms with Crippen LogP contribution in [0.4, 0.5) is 0 Å². The van der Waals surface area contributed by atoms with Crippen molar-refractivity contribution < 1.29 is 0 Å². The molecule has 10 aromatic rings. The summed E-state index contributed by atoms with van der Waals surface area (Å²) in [5, 5.41) is 11.5. The number of halogens is 1. The molecule has 0 amide bonds. The third kappa shape index (κ3) is 4.02. The number of rotatable bonds is 1. The average Bonchev–Trinajstić information content (AvgIpc) is 3.80. The van der Waals surface area contributed by atoms with E-state index in [1.807, 2.05) is 45.1 Å². The molecule has 0 atom stereocenters. The molecule has 0 saturated carbocycles. The molecular formula is C40H30ClN3S2. The first-order chi connectivity index (χ1) is 22.8. The molecular weight excluding hydrogens is 622 g/mol. The summed E-state index contributed by atoms with van der Waals surface area (Å²) < 4.78 is 5.93. The van der Waals surface area contributed by atoms with Gasteiger partial charge >= 0.3 is 0 Å². The molecule has 4 heterocycles. The lowest BCUT2D eigenvalue weighted by atomic mass is 9.97. The molecule has 0 unspecified atom stereocenters. The smallest absolute Gasteiger partial charge is 0.177 e. The van der Waals surface area contributed by atoms with Crippen molar-refractivity contribution >= 4 is 118 Å². The monoisotopic (exact) mass is 651 g/mol. The van der Waals surface area contributed by atoms with Crippen LogP contribution in [0.1, 0.15) is 27.7 Å². The van der Waals surface area contributed by atoms with E-state index in [4.69, 9.17) is 21.6 Å². The van der Waals surface area contributed by atoms with Gasteiger partial charge in [0.1, 0.15) is 10.3 Å². The molecule has 0 aliphatic heterocycles. The van der Waals surface area contributed by atoms with Gasteiger partial charge in [0.05, 0.1) is 15.7 Å². The Kier molecular flexibility index (Phi) is 7.13. The molecule has 46 heavy (non-hydrogen) atoms. The van der Waals surface area contributed by atoms with Crippen LogP contribution in [0.15, 0.2) is 109 Å². The molecule has 0 radical (unpaired) electrons. The summed E-state index contributed by atoms with van der Waals surface area (Å²) in [4.78, 5) is 11.1. The molecule has 0 N–H and O–H groups in total. The summed E-state index contributed by atoms with van der Waals surface area (Å²) >= 11 is 10.6. The lowest BCUT2D eigenvalue weighted by Crippen LogP contribution is -2.00. The van der Waals surface area contributed by atoms with Crippen LogP contribution in [0.2, 0.25) is 5.15 Å². The van der Waals surface area contributed by atoms with Crippen LogP contribution in [-0.2, 0) is 0 Å². The Morgan fingerprint density at radius 1 is 0.543 bits per heavy atom. The molecule has 6 aromatic carbocycles. The highest BCUT2D eigenvalue weighted by Gasteiger charge is 2.24. The van der Waals surface area contributed by atoms with E-state index >= 15 is 0 Å². The summed E-state index contributed by atoms with van der Waals surface area (Å²) in [5.41, 5.74) is 3.06. The second-order valence-electron chi connectivity index (χ2n) is 10.7. The number of aromatic nitrogens is 3. The van der Waals surface area contributed by atoms with E-state index in [-0.39, 0.29) is 0 Å². The number of hydrogen-bond donors (Lipinski definition) is 0. The topological polar surface area (TPSA) is 30.7 Å². The van der Waals surface area contributed by atoms with Gasteiger partial charge in [0.2, 0.25) is 0 Å². The number of fused-ring (bicyclic) bond motifs is 15. The van der Waals surface area contributed by atoms with Gasteiger partial charge in [-0.25, -0.2) is 9.97 Å². The first-order valence-corrected chi connectivity index (χ1v) is 17.8. The van der Waals surface area contributed by atoms with Gasteiger partial charge in [-0.05, 0) is 39.7 Å². The Morgan fingerprint density at radius 2 is 1.17 bits per heavy atom. The lowest BCUT2D eigenvalue weighted by molar-refractivity contribution is 1.09. The van der Waals surface area contributed by atoms with Crippen LogP contribution in [0.25, 0.3) is 89.8 Å². The van der Waals surface area contributed by atoms with Gasteiger partial charge in [-0.2, -0.15) is 0 Å². The van der Waals surface area contributed by atoms with Crippen molar-refractivity contribution in [3.63, 3.8) is 0 Å². The fourth-order valence-corrected chi connectivity index (χ4v) is 9.29. The third-order valence-electron chi connectivity index (χ3n) is 8.50. The molecule has 0 spiro atoms. The van der Waals surface area contributed by atoms with Crippen molar-refractivity contribution in [2.75, 3.05) is 0 Å². The van der Waals surface area contributed by atoms with Gasteiger partial charge in [0.15, 0.2) is 11.0 Å². The third-order valence-corrected chi connectivity index (χ3v) is 11.0. The minimum Gasteiger partial charge on any atom is -0.290 e. The van der Waals surface area contributed by atoms with Gasteiger partial charge < -0.3 is 0 Å². The van der Waals surface area contributed by atoms with Crippen molar-refractivity contribution in [1.82, 2.24) is 14.5 Å². The van der Waals surface area contributed by atoms with E-state index in [9.17, 15) is 0 Å². The normalized spacial score (nSPS) is 11.6. The van der Waals surface area contributed by atoms with E-state index in [2.05, 4.69) is 108 Å². The largest absolute Gasteiger partial charge is 0.290 e. The van der Waals surface area contributed by atoms with Gasteiger partial charge in [-0.1, -0.05) is 130 Å². The Morgan fingerprint density at radius 3 is 1.96 bits per heavy atom. The highest BCUT2D eigenvalue weighted by Crippen LogP contribution is 2.49. The molecule has 224 valence electrons. The predicted molar refractivity (Wildman–Crippen MR) is 205 cm³/mol. The highest BCUT2D eigenvalue weighted by molar-refractivity contribution is 7.27. The zero-order valence-corrected chi connectivity index (χ0v) is 28.3. The molecule has 0 aliphatic carbocycles. The minimum atomic E-state index is 0.404. The first-order valence-electron chi connectivity index (χ1n) is 15.8. The van der Waals surface area contributed by atoms with Crippen LogP contribution in [-0.4, -0.2) is 14.5 Å². The van der Waals surface area contributed by atoms with Gasteiger partial charge in [0.25, 0.3) is 0 Å². The van der Waals surface area contributed by atoms with E-state index in [0.717, 1.165) is 31.5 Å². The van der Waals surface area contributed by atoms with Gasteiger partial charge in [0, 0.05) is 36.3 Å². The zero-order valence-electron chi connectivity index (χ0n) is 25.9. The van der Waals surface area contributed by atoms with Crippen LogP contribution in [0.5, 0.6) is 0 Å². The maximum atomic E-state index is 7.09. The first kappa shape index (κ1) is 28.9. The van der Waals surface area contributed by atoms with Gasteiger partial charge in [-0.15, -0.1) is 22.7 Å². The average molecular weight is 652 g/mol. The molecule has 0 bridgehead atoms. The summed E-state index contributed by atoms with van der Waals surface area (Å²) in [6.07, 6.45) is 0. The summed E-state index contributed by atoms with van der Waals surface area (Å²) in [6, 6.07) is 38.9. The molecule has 0 aliphatic rings. The Hall–Kier alpha value is -4.55. The second kappa shape index (κ2) is 11.4. The Balaban J connectivity index is 0.000000754. The molecule has 4 aromatic heterocycles. The lowest BCUT2D eigenvalue weighted by Gasteiger charge is -2.11. The summed E-state index contributed by atoms with van der Waals surface area (Å²) in [5.74, 6) is 0.667. The number of nitrogens with zero attached hydrogens (tertiary/aromatic N) is 3. The van der Waals surface area contributed by atoms with Crippen molar-refractivity contribution in [2.24, 2.45) is 0 Å². The van der Waals surface area contributed by atoms with Crippen molar-refractivity contribution in [2.45, 2.75) is 27.7 Å². The number of thiophene rings is 2. The van der Waals surface area contributed by atoms with Crippen LogP contribution < -0.4 is 0 Å². The SMILES string of the molecule is CC.CC.Clc1nc2c(nc1-n1c3ccccc3c3c4ccccc4c4c(sc5ccc6ccccc6c54)c31)sc1ccccc12. The quantitative estimate of drug-likeness (QED) is 0.177. The van der Waals surface area contributed by atoms with Crippen molar-refractivity contribution in [3.8, 4) is 5.82 Å². The second-order valence-corrected chi connectivity index (χ2v) is 13.1. The van der Waals surface area contributed by atoms with Crippen molar-refractivity contribution in [3.05, 3.63) is 114 Å². The number of para-hydroxylation sites is 1. The predicted octanol–water partition coefficient (Wildman–Crippen LogP) is 13.3. The van der Waals surface area contributed by atoms with E-state index in [0.29, 0.717) is 11.0 Å². The Bertz CT molecular complexity index is 2770. The highest BCUT2D eigenvalue weighted by atomic mass is 35.5. The fraction of sp³-hybridized carbons (Fsp3) is 0.100. The van der Waals surface area contributed by atoms with E-state index < -0.39 is 0 Å². The molecule has 3 nitrogen and oxygen atoms in total. The number of hydrogen-bond acceptors (Lipinski definition) is 4. The molecule has 0 saturated heterocycles. The molecule has 10 rings (SSSR count). The summed E-state index contributed by atoms with van der Waals surface area (Å²) in [7, 11) is 0. The van der Waals surface area contributed by atoms with Gasteiger partial charge in [-0.3, -0.25) is 4.57 Å². The summed E-state index contributed by atoms with van der Waals surface area (Å²) in [6.45, 7) is 8.00. The number of benzene rings is 6. The molecule has 6 heteroatoms. The van der Waals surface area contributed by atoms with Crippen molar-refractivity contribution in [1.29, 1.82) is 0 Å². The van der Waals surface area contributed by atoms with E-state index in [1.165, 1.54) is 52.5 Å². The minimum absolute atomic E-state index is 0.404. The van der Waals surface area contributed by atoms with E-state index in [1.54, 1.807) is 11.3 Å². The van der Waals surface area contributed by atoms with Crippen LogP contribution in [0, 0.1) is 0 Å². The maximum absolute atomic E-state index is 7.09. The molecule has 0 fully saturated rings. The maximum Gasteiger partial charge on any atom is 0.177 e. The van der Waals surface area contributed by atoms with Crippen LogP contribution >= 0.6 is 34.3 Å². The van der Waals surface area contributed by atoms with Crippen LogP contribution in [0.3, 0.4) is 0 Å². The zero-order chi connectivity index (χ0) is 31.5. The Labute approximate surface area is 279 Å². The fourth-order valence-electron chi connectivity index (χ4n) is 6.79.